The van der Waals surface area contributed by atoms with Crippen molar-refractivity contribution in [2.24, 2.45) is 0 Å². The molecule has 0 spiro atoms. The van der Waals surface area contributed by atoms with Gasteiger partial charge in [-0.05, 0) is 35.9 Å². The lowest BCUT2D eigenvalue weighted by atomic mass is 10.1. The normalized spacial score (nSPS) is 10.8. The van der Waals surface area contributed by atoms with E-state index in [9.17, 15) is 4.79 Å². The van der Waals surface area contributed by atoms with Crippen LogP contribution in [0.5, 0.6) is 0 Å². The number of hydrogen-bond donors (Lipinski definition) is 1. The van der Waals surface area contributed by atoms with Crippen LogP contribution in [0.2, 0.25) is 15.1 Å². The van der Waals surface area contributed by atoms with Crippen molar-refractivity contribution in [3.05, 3.63) is 74.1 Å². The van der Waals surface area contributed by atoms with E-state index in [4.69, 9.17) is 34.8 Å². The fourth-order valence-corrected chi connectivity index (χ4v) is 2.53. The average molecular weight is 340 g/mol. The molecular formula is C15H9Cl3N2O. The number of nitrogens with zero attached hydrogens (tertiary/aromatic N) is 1. The predicted molar refractivity (Wildman–Crippen MR) is 86.9 cm³/mol. The monoisotopic (exact) mass is 338 g/mol. The maximum atomic E-state index is 12.5. The van der Waals surface area contributed by atoms with E-state index in [2.05, 4.69) is 5.10 Å². The highest BCUT2D eigenvalue weighted by Gasteiger charge is 2.11. The maximum absolute atomic E-state index is 12.5. The number of aromatic amines is 1. The molecule has 21 heavy (non-hydrogen) atoms. The smallest absolute Gasteiger partial charge is 0.279 e. The van der Waals surface area contributed by atoms with Gasteiger partial charge < -0.3 is 0 Å². The van der Waals surface area contributed by atoms with Crippen LogP contribution in [-0.4, -0.2) is 9.78 Å². The zero-order valence-corrected chi connectivity index (χ0v) is 12.9. The van der Waals surface area contributed by atoms with Gasteiger partial charge in [0.15, 0.2) is 0 Å². The summed E-state index contributed by atoms with van der Waals surface area (Å²) in [7, 11) is 0. The zero-order valence-electron chi connectivity index (χ0n) is 10.6. The Hall–Kier alpha value is -1.68. The third-order valence-electron chi connectivity index (χ3n) is 3.07. The molecule has 0 saturated carbocycles. The van der Waals surface area contributed by atoms with Crippen LogP contribution < -0.4 is 5.56 Å². The van der Waals surface area contributed by atoms with Gasteiger partial charge in [-0.3, -0.25) is 9.89 Å². The molecule has 0 bridgehead atoms. The Morgan fingerprint density at radius 1 is 0.952 bits per heavy atom. The fourth-order valence-electron chi connectivity index (χ4n) is 2.05. The van der Waals surface area contributed by atoms with E-state index in [0.717, 1.165) is 0 Å². The van der Waals surface area contributed by atoms with Crippen molar-refractivity contribution in [3.8, 4) is 16.8 Å². The van der Waals surface area contributed by atoms with E-state index in [0.29, 0.717) is 31.9 Å². The van der Waals surface area contributed by atoms with Gasteiger partial charge in [0.05, 0.1) is 21.3 Å². The largest absolute Gasteiger partial charge is 0.298 e. The number of H-pyrrole nitrogens is 1. The van der Waals surface area contributed by atoms with Gasteiger partial charge in [0, 0.05) is 11.2 Å². The van der Waals surface area contributed by atoms with Gasteiger partial charge in [-0.15, -0.1) is 0 Å². The molecule has 3 aromatic rings. The van der Waals surface area contributed by atoms with Crippen LogP contribution in [0.3, 0.4) is 0 Å². The minimum absolute atomic E-state index is 0.185. The van der Waals surface area contributed by atoms with Crippen LogP contribution in [0.25, 0.3) is 16.8 Å². The molecule has 0 aliphatic heterocycles. The van der Waals surface area contributed by atoms with Crippen LogP contribution in [0, 0.1) is 0 Å². The van der Waals surface area contributed by atoms with E-state index in [1.165, 1.54) is 4.68 Å². The quantitative estimate of drug-likeness (QED) is 0.716. The standard InChI is InChI=1S/C15H9Cl3N2O/c16-10-2-1-3-11(7-10)20-15(21)12(8-19-20)9-4-5-13(17)14(18)6-9/h1-8,19H. The van der Waals surface area contributed by atoms with Crippen molar-refractivity contribution in [1.82, 2.24) is 9.78 Å². The van der Waals surface area contributed by atoms with E-state index in [1.54, 1.807) is 48.7 Å². The predicted octanol–water partition coefficient (Wildman–Crippen LogP) is 4.79. The van der Waals surface area contributed by atoms with Crippen LogP contribution in [0.1, 0.15) is 0 Å². The van der Waals surface area contributed by atoms with Crippen molar-refractivity contribution in [1.29, 1.82) is 0 Å². The summed E-state index contributed by atoms with van der Waals surface area (Å²) in [5, 5.41) is 4.34. The SMILES string of the molecule is O=c1c(-c2ccc(Cl)c(Cl)c2)c[nH]n1-c1cccc(Cl)c1. The molecule has 1 N–H and O–H groups in total. The summed E-state index contributed by atoms with van der Waals surface area (Å²) in [5.41, 5.74) is 1.69. The molecule has 3 rings (SSSR count). The van der Waals surface area contributed by atoms with Gasteiger partial charge in [-0.25, -0.2) is 4.68 Å². The second-order valence-corrected chi connectivity index (χ2v) is 5.69. The van der Waals surface area contributed by atoms with Gasteiger partial charge in [-0.1, -0.05) is 46.9 Å². The van der Waals surface area contributed by atoms with Crippen LogP contribution in [-0.2, 0) is 0 Å². The number of aromatic nitrogens is 2. The highest BCUT2D eigenvalue weighted by atomic mass is 35.5. The molecule has 0 amide bonds. The summed E-state index contributed by atoms with van der Waals surface area (Å²) in [6.45, 7) is 0. The molecule has 2 aromatic carbocycles. The number of benzene rings is 2. The molecule has 6 heteroatoms. The van der Waals surface area contributed by atoms with Crippen molar-refractivity contribution < 1.29 is 0 Å². The molecule has 0 aliphatic rings. The Labute approximate surface area is 135 Å². The van der Waals surface area contributed by atoms with Crippen molar-refractivity contribution in [2.75, 3.05) is 0 Å². The minimum atomic E-state index is -0.185. The van der Waals surface area contributed by atoms with E-state index in [1.807, 2.05) is 0 Å². The van der Waals surface area contributed by atoms with Crippen molar-refractivity contribution in [2.45, 2.75) is 0 Å². The first-order chi connectivity index (χ1) is 10.1. The molecule has 0 radical (unpaired) electrons. The van der Waals surface area contributed by atoms with Crippen LogP contribution >= 0.6 is 34.8 Å². The fraction of sp³-hybridized carbons (Fsp3) is 0. The topological polar surface area (TPSA) is 37.8 Å². The van der Waals surface area contributed by atoms with E-state index in [-0.39, 0.29) is 5.56 Å². The van der Waals surface area contributed by atoms with Gasteiger partial charge >= 0.3 is 0 Å². The van der Waals surface area contributed by atoms with Crippen molar-refractivity contribution in [3.63, 3.8) is 0 Å². The molecule has 1 aromatic heterocycles. The minimum Gasteiger partial charge on any atom is -0.298 e. The zero-order chi connectivity index (χ0) is 15.0. The molecule has 0 atom stereocenters. The molecule has 0 saturated heterocycles. The maximum Gasteiger partial charge on any atom is 0.279 e. The second-order valence-electron chi connectivity index (χ2n) is 4.44. The number of hydrogen-bond acceptors (Lipinski definition) is 1. The van der Waals surface area contributed by atoms with Crippen LogP contribution in [0.4, 0.5) is 0 Å². The first kappa shape index (κ1) is 14.3. The van der Waals surface area contributed by atoms with E-state index < -0.39 is 0 Å². The molecule has 0 aliphatic carbocycles. The van der Waals surface area contributed by atoms with Gasteiger partial charge in [-0.2, -0.15) is 0 Å². The highest BCUT2D eigenvalue weighted by Crippen LogP contribution is 2.27. The summed E-state index contributed by atoms with van der Waals surface area (Å²) in [6, 6.07) is 12.1. The van der Waals surface area contributed by atoms with Crippen molar-refractivity contribution >= 4 is 34.8 Å². The molecular weight excluding hydrogens is 331 g/mol. The summed E-state index contributed by atoms with van der Waals surface area (Å²) >= 11 is 17.8. The molecule has 106 valence electrons. The Morgan fingerprint density at radius 2 is 1.76 bits per heavy atom. The van der Waals surface area contributed by atoms with Gasteiger partial charge in [0.1, 0.15) is 0 Å². The Bertz CT molecular complexity index is 867. The van der Waals surface area contributed by atoms with Gasteiger partial charge in [0.2, 0.25) is 0 Å². The van der Waals surface area contributed by atoms with Gasteiger partial charge in [0.25, 0.3) is 5.56 Å². The first-order valence-corrected chi connectivity index (χ1v) is 7.21. The lowest BCUT2D eigenvalue weighted by Crippen LogP contribution is -2.15. The lowest BCUT2D eigenvalue weighted by molar-refractivity contribution is 0.850. The number of nitrogens with one attached hydrogen (secondary N) is 1. The number of rotatable bonds is 2. The highest BCUT2D eigenvalue weighted by molar-refractivity contribution is 6.42. The van der Waals surface area contributed by atoms with Crippen LogP contribution in [0.15, 0.2) is 53.5 Å². The van der Waals surface area contributed by atoms with E-state index >= 15 is 0 Å². The second kappa shape index (κ2) is 5.60. The Balaban J connectivity index is 2.11. The third kappa shape index (κ3) is 2.72. The molecule has 1 heterocycles. The summed E-state index contributed by atoms with van der Waals surface area (Å²) in [5.74, 6) is 0. The Kier molecular flexibility index (Phi) is 3.81. The Morgan fingerprint density at radius 3 is 2.48 bits per heavy atom. The average Bonchev–Trinajstić information content (AvgIpc) is 2.84. The summed E-state index contributed by atoms with van der Waals surface area (Å²) < 4.78 is 1.42. The molecule has 0 unspecified atom stereocenters. The lowest BCUT2D eigenvalue weighted by Gasteiger charge is -2.02. The molecule has 3 nitrogen and oxygen atoms in total. The summed E-state index contributed by atoms with van der Waals surface area (Å²) in [6.07, 6.45) is 1.63. The number of halogens is 3. The molecule has 0 fully saturated rings. The first-order valence-electron chi connectivity index (χ1n) is 6.08. The summed E-state index contributed by atoms with van der Waals surface area (Å²) in [4.78, 5) is 12.5. The third-order valence-corrected chi connectivity index (χ3v) is 4.04.